The summed E-state index contributed by atoms with van der Waals surface area (Å²) in [7, 11) is 1.96. The molecule has 3 aromatic heterocycles. The van der Waals surface area contributed by atoms with Crippen molar-refractivity contribution in [3.63, 3.8) is 0 Å². The average Bonchev–Trinajstić information content (AvgIpc) is 3.27. The zero-order valence-corrected chi connectivity index (χ0v) is 21.0. The highest BCUT2D eigenvalue weighted by Crippen LogP contribution is 2.33. The van der Waals surface area contributed by atoms with Crippen molar-refractivity contribution in [2.75, 3.05) is 5.32 Å². The number of ether oxygens (including phenoxy) is 2. The Morgan fingerprint density at radius 2 is 1.97 bits per heavy atom. The molecule has 190 valence electrons. The lowest BCUT2D eigenvalue weighted by atomic mass is 9.79. The van der Waals surface area contributed by atoms with Gasteiger partial charge in [0.2, 0.25) is 0 Å². The number of nitrogens with one attached hydrogen (secondary N) is 1. The van der Waals surface area contributed by atoms with Gasteiger partial charge in [0.15, 0.2) is 11.6 Å². The smallest absolute Gasteiger partial charge is 0.317 e. The molecule has 1 aliphatic rings. The van der Waals surface area contributed by atoms with Gasteiger partial charge in [0.05, 0.1) is 23.6 Å². The van der Waals surface area contributed by atoms with Crippen molar-refractivity contribution in [2.24, 2.45) is 13.0 Å². The standard InChI is InChI=1S/C28H25N7O3/c1-4-24(36)17-10-20(11-17)38-28-29-13-22-26(34-28)27(31-14-30-22)33-18-5-8-25(16(2)9-18)37-19-6-7-23-21(12-19)32-15-35(23)3/h4-9,12-15,17,20H,1,10-11H2,2-3H3,(H,30,31,33). The number of aromatic nitrogens is 6. The largest absolute Gasteiger partial charge is 0.460 e. The molecule has 1 N–H and O–H groups in total. The van der Waals surface area contributed by atoms with Crippen LogP contribution in [0.25, 0.3) is 22.1 Å². The van der Waals surface area contributed by atoms with Crippen LogP contribution in [0.3, 0.4) is 0 Å². The summed E-state index contributed by atoms with van der Waals surface area (Å²) in [5.41, 5.74) is 4.82. The summed E-state index contributed by atoms with van der Waals surface area (Å²) in [4.78, 5) is 33.6. The highest BCUT2D eigenvalue weighted by molar-refractivity contribution is 5.92. The molecule has 10 nitrogen and oxygen atoms in total. The summed E-state index contributed by atoms with van der Waals surface area (Å²) in [5, 5.41) is 3.32. The molecule has 1 fully saturated rings. The Kier molecular flexibility index (Phi) is 5.91. The first-order chi connectivity index (χ1) is 18.5. The van der Waals surface area contributed by atoms with Crippen molar-refractivity contribution in [3.8, 4) is 17.5 Å². The first-order valence-corrected chi connectivity index (χ1v) is 12.2. The number of allylic oxidation sites excluding steroid dienone is 1. The zero-order chi connectivity index (χ0) is 26.2. The Balaban J connectivity index is 1.18. The summed E-state index contributed by atoms with van der Waals surface area (Å²) in [6.45, 7) is 5.53. The molecule has 6 rings (SSSR count). The van der Waals surface area contributed by atoms with Gasteiger partial charge >= 0.3 is 6.01 Å². The first-order valence-electron chi connectivity index (χ1n) is 12.2. The van der Waals surface area contributed by atoms with Gasteiger partial charge in [-0.15, -0.1) is 0 Å². The molecular weight excluding hydrogens is 482 g/mol. The van der Waals surface area contributed by atoms with Crippen LogP contribution in [-0.2, 0) is 11.8 Å². The highest BCUT2D eigenvalue weighted by Gasteiger charge is 2.35. The summed E-state index contributed by atoms with van der Waals surface area (Å²) < 4.78 is 14.0. The van der Waals surface area contributed by atoms with Crippen molar-refractivity contribution in [3.05, 3.63) is 73.5 Å². The van der Waals surface area contributed by atoms with Crippen LogP contribution in [0.15, 0.2) is 67.9 Å². The van der Waals surface area contributed by atoms with Gasteiger partial charge in [-0.1, -0.05) is 6.58 Å². The van der Waals surface area contributed by atoms with Gasteiger partial charge in [0, 0.05) is 24.7 Å². The lowest BCUT2D eigenvalue weighted by Gasteiger charge is -2.32. The van der Waals surface area contributed by atoms with Gasteiger partial charge in [0.25, 0.3) is 0 Å². The van der Waals surface area contributed by atoms with E-state index in [-0.39, 0.29) is 23.8 Å². The van der Waals surface area contributed by atoms with E-state index < -0.39 is 0 Å². The van der Waals surface area contributed by atoms with E-state index in [9.17, 15) is 4.79 Å². The van der Waals surface area contributed by atoms with Gasteiger partial charge in [-0.05, 0) is 61.7 Å². The molecule has 0 saturated heterocycles. The molecule has 0 bridgehead atoms. The predicted octanol–water partition coefficient (Wildman–Crippen LogP) is 5.06. The number of benzene rings is 2. The number of aryl methyl sites for hydroxylation is 2. The molecular formula is C28H25N7O3. The molecule has 0 spiro atoms. The molecule has 3 heterocycles. The summed E-state index contributed by atoms with van der Waals surface area (Å²) in [6, 6.07) is 11.9. The van der Waals surface area contributed by atoms with Crippen LogP contribution in [0, 0.1) is 12.8 Å². The second-order valence-electron chi connectivity index (χ2n) is 9.34. The maximum atomic E-state index is 11.7. The van der Waals surface area contributed by atoms with Crippen LogP contribution in [0.5, 0.6) is 17.5 Å². The van der Waals surface area contributed by atoms with Gasteiger partial charge in [-0.3, -0.25) is 4.79 Å². The number of carbonyl (C=O) groups is 1. The molecule has 5 aromatic rings. The lowest BCUT2D eigenvalue weighted by molar-refractivity contribution is -0.123. The fourth-order valence-corrected chi connectivity index (χ4v) is 4.48. The minimum atomic E-state index is -0.101. The van der Waals surface area contributed by atoms with Crippen LogP contribution in [0.2, 0.25) is 0 Å². The number of fused-ring (bicyclic) bond motifs is 2. The van der Waals surface area contributed by atoms with Crippen LogP contribution in [0.1, 0.15) is 18.4 Å². The van der Waals surface area contributed by atoms with E-state index in [0.29, 0.717) is 29.7 Å². The Morgan fingerprint density at radius 3 is 2.79 bits per heavy atom. The third kappa shape index (κ3) is 4.52. The van der Waals surface area contributed by atoms with E-state index in [2.05, 4.69) is 36.8 Å². The average molecular weight is 508 g/mol. The molecule has 1 aliphatic carbocycles. The van der Waals surface area contributed by atoms with Gasteiger partial charge in [-0.2, -0.15) is 4.98 Å². The van der Waals surface area contributed by atoms with E-state index in [0.717, 1.165) is 33.8 Å². The Labute approximate surface area is 218 Å². The van der Waals surface area contributed by atoms with Crippen LogP contribution in [-0.4, -0.2) is 41.4 Å². The van der Waals surface area contributed by atoms with Crippen molar-refractivity contribution in [2.45, 2.75) is 25.9 Å². The van der Waals surface area contributed by atoms with Crippen LogP contribution >= 0.6 is 0 Å². The Morgan fingerprint density at radius 1 is 1.11 bits per heavy atom. The van der Waals surface area contributed by atoms with Gasteiger partial charge in [0.1, 0.15) is 35.0 Å². The van der Waals surface area contributed by atoms with Crippen molar-refractivity contribution in [1.29, 1.82) is 0 Å². The zero-order valence-electron chi connectivity index (χ0n) is 21.0. The minimum absolute atomic E-state index is 0.0355. The van der Waals surface area contributed by atoms with E-state index >= 15 is 0 Å². The topological polar surface area (TPSA) is 117 Å². The molecule has 1 saturated carbocycles. The number of ketones is 1. The maximum absolute atomic E-state index is 11.7. The van der Waals surface area contributed by atoms with E-state index in [1.165, 1.54) is 12.4 Å². The molecule has 10 heteroatoms. The minimum Gasteiger partial charge on any atom is -0.460 e. The van der Waals surface area contributed by atoms with Crippen LogP contribution < -0.4 is 14.8 Å². The van der Waals surface area contributed by atoms with Gasteiger partial charge in [-0.25, -0.2) is 19.9 Å². The number of rotatable bonds is 8. The Bertz CT molecular complexity index is 1690. The molecule has 38 heavy (non-hydrogen) atoms. The van der Waals surface area contributed by atoms with Crippen molar-refractivity contribution in [1.82, 2.24) is 29.5 Å². The summed E-state index contributed by atoms with van der Waals surface area (Å²) in [5.74, 6) is 2.00. The fourth-order valence-electron chi connectivity index (χ4n) is 4.48. The maximum Gasteiger partial charge on any atom is 0.317 e. The number of hydrogen-bond acceptors (Lipinski definition) is 9. The quantitative estimate of drug-likeness (QED) is 0.287. The predicted molar refractivity (Wildman–Crippen MR) is 143 cm³/mol. The van der Waals surface area contributed by atoms with Crippen molar-refractivity contribution < 1.29 is 14.3 Å². The van der Waals surface area contributed by atoms with E-state index in [1.807, 2.05) is 54.9 Å². The molecule has 2 aromatic carbocycles. The monoisotopic (exact) mass is 507 g/mol. The third-order valence-corrected chi connectivity index (χ3v) is 6.69. The second-order valence-corrected chi connectivity index (χ2v) is 9.34. The SMILES string of the molecule is C=CC(=O)C1CC(Oc2ncc3ncnc(Nc4ccc(Oc5ccc6c(c5)ncn6C)c(C)c4)c3n2)C1. The summed E-state index contributed by atoms with van der Waals surface area (Å²) in [6.07, 6.45) is 7.38. The first kappa shape index (κ1) is 23.5. The molecule has 0 amide bonds. The normalized spacial score (nSPS) is 16.7. The number of hydrogen-bond donors (Lipinski definition) is 1. The van der Waals surface area contributed by atoms with Gasteiger partial charge < -0.3 is 19.4 Å². The van der Waals surface area contributed by atoms with E-state index in [1.54, 1.807) is 12.5 Å². The lowest BCUT2D eigenvalue weighted by Crippen LogP contribution is -2.38. The Hall–Kier alpha value is -4.86. The van der Waals surface area contributed by atoms with Crippen LogP contribution in [0.4, 0.5) is 11.5 Å². The molecule has 0 aliphatic heterocycles. The van der Waals surface area contributed by atoms with Crippen molar-refractivity contribution >= 4 is 39.4 Å². The second kappa shape index (κ2) is 9.55. The number of carbonyl (C=O) groups excluding carboxylic acids is 1. The molecule has 0 atom stereocenters. The van der Waals surface area contributed by atoms with E-state index in [4.69, 9.17) is 9.47 Å². The number of anilines is 2. The molecule has 0 unspecified atom stereocenters. The number of nitrogens with zero attached hydrogens (tertiary/aromatic N) is 6. The number of imidazole rings is 1. The molecule has 0 radical (unpaired) electrons. The third-order valence-electron chi connectivity index (χ3n) is 6.69. The summed E-state index contributed by atoms with van der Waals surface area (Å²) >= 11 is 0. The highest BCUT2D eigenvalue weighted by atomic mass is 16.5. The fraction of sp³-hybridized carbons (Fsp3) is 0.214.